The van der Waals surface area contributed by atoms with Gasteiger partial charge in [-0.25, -0.2) is 4.98 Å². The second kappa shape index (κ2) is 5.52. The topological polar surface area (TPSA) is 64.3 Å². The van der Waals surface area contributed by atoms with Crippen LogP contribution in [0.2, 0.25) is 0 Å². The van der Waals surface area contributed by atoms with Crippen LogP contribution in [-0.2, 0) is 4.74 Å². The van der Waals surface area contributed by atoms with Gasteiger partial charge in [0.05, 0.1) is 0 Å². The number of ether oxygens (including phenoxy) is 1. The largest absolute Gasteiger partial charge is 0.385 e. The van der Waals surface area contributed by atoms with Crippen LogP contribution in [0.4, 0.5) is 5.82 Å². The number of methoxy groups -OCH3 is 1. The third-order valence-electron chi connectivity index (χ3n) is 3.11. The van der Waals surface area contributed by atoms with Crippen molar-refractivity contribution < 1.29 is 4.74 Å². The molecule has 0 saturated heterocycles. The summed E-state index contributed by atoms with van der Waals surface area (Å²) in [6, 6.07) is 1.98. The Labute approximate surface area is 113 Å². The molecule has 0 aliphatic carbocycles. The van der Waals surface area contributed by atoms with Crippen molar-refractivity contribution in [3.63, 3.8) is 0 Å². The van der Waals surface area contributed by atoms with Crippen LogP contribution in [0.1, 0.15) is 26.0 Å². The van der Waals surface area contributed by atoms with Crippen molar-refractivity contribution in [2.24, 2.45) is 5.41 Å². The second-order valence-corrected chi connectivity index (χ2v) is 5.52. The number of hydrogen-bond acceptors (Lipinski definition) is 5. The Morgan fingerprint density at radius 1 is 1.42 bits per heavy atom. The Kier molecular flexibility index (Phi) is 3.99. The average molecular weight is 263 g/mol. The predicted octanol–water partition coefficient (Wildman–Crippen LogP) is 1.91. The van der Waals surface area contributed by atoms with Gasteiger partial charge in [-0.05, 0) is 18.8 Å². The summed E-state index contributed by atoms with van der Waals surface area (Å²) in [7, 11) is 1.73. The van der Waals surface area contributed by atoms with E-state index in [9.17, 15) is 0 Å². The average Bonchev–Trinajstić information content (AvgIpc) is 2.81. The van der Waals surface area contributed by atoms with Crippen molar-refractivity contribution in [1.82, 2.24) is 19.6 Å². The standard InChI is InChI=1S/C13H21N5O/c1-10-7-11(18-12(17-10)15-9-16-18)14-8-13(2,3)5-6-19-4/h7,9,14H,5-6,8H2,1-4H3. The van der Waals surface area contributed by atoms with Crippen LogP contribution in [0, 0.1) is 12.3 Å². The van der Waals surface area contributed by atoms with Crippen LogP contribution < -0.4 is 5.32 Å². The van der Waals surface area contributed by atoms with Gasteiger partial charge in [0.1, 0.15) is 12.1 Å². The zero-order valence-electron chi connectivity index (χ0n) is 12.0. The minimum absolute atomic E-state index is 0.153. The zero-order chi connectivity index (χ0) is 13.9. The molecule has 1 N–H and O–H groups in total. The summed E-state index contributed by atoms with van der Waals surface area (Å²) in [5.41, 5.74) is 1.08. The van der Waals surface area contributed by atoms with Crippen LogP contribution in [0.25, 0.3) is 5.78 Å². The van der Waals surface area contributed by atoms with Crippen LogP contribution in [0.15, 0.2) is 12.4 Å². The van der Waals surface area contributed by atoms with Gasteiger partial charge < -0.3 is 10.1 Å². The van der Waals surface area contributed by atoms with E-state index in [4.69, 9.17) is 4.74 Å². The first kappa shape index (κ1) is 13.7. The summed E-state index contributed by atoms with van der Waals surface area (Å²) in [6.07, 6.45) is 2.52. The van der Waals surface area contributed by atoms with Crippen molar-refractivity contribution in [3.8, 4) is 0 Å². The molecule has 0 saturated carbocycles. The highest BCUT2D eigenvalue weighted by Gasteiger charge is 2.18. The number of fused-ring (bicyclic) bond motifs is 1. The van der Waals surface area contributed by atoms with Crippen LogP contribution in [-0.4, -0.2) is 39.8 Å². The molecule has 6 heteroatoms. The van der Waals surface area contributed by atoms with E-state index in [-0.39, 0.29) is 5.41 Å². The number of aryl methyl sites for hydroxylation is 1. The lowest BCUT2D eigenvalue weighted by atomic mass is 9.90. The monoisotopic (exact) mass is 263 g/mol. The molecular formula is C13H21N5O. The minimum Gasteiger partial charge on any atom is -0.385 e. The Bertz CT molecular complexity index is 549. The number of anilines is 1. The van der Waals surface area contributed by atoms with Crippen molar-refractivity contribution in [2.75, 3.05) is 25.6 Å². The maximum Gasteiger partial charge on any atom is 0.254 e. The number of nitrogens with one attached hydrogen (secondary N) is 1. The number of hydrogen-bond donors (Lipinski definition) is 1. The maximum atomic E-state index is 5.14. The smallest absolute Gasteiger partial charge is 0.254 e. The predicted molar refractivity (Wildman–Crippen MR) is 74.3 cm³/mol. The number of nitrogens with zero attached hydrogens (tertiary/aromatic N) is 4. The first-order valence-electron chi connectivity index (χ1n) is 6.42. The van der Waals surface area contributed by atoms with Gasteiger partial charge in [0.15, 0.2) is 0 Å². The molecule has 0 bridgehead atoms. The molecule has 0 unspecified atom stereocenters. The molecule has 2 aromatic rings. The van der Waals surface area contributed by atoms with E-state index >= 15 is 0 Å². The highest BCUT2D eigenvalue weighted by atomic mass is 16.5. The Balaban J connectivity index is 2.11. The van der Waals surface area contributed by atoms with Gasteiger partial charge in [-0.2, -0.15) is 14.6 Å². The van der Waals surface area contributed by atoms with E-state index in [2.05, 4.69) is 34.2 Å². The van der Waals surface area contributed by atoms with Crippen LogP contribution in [0.5, 0.6) is 0 Å². The molecule has 0 aliphatic heterocycles. The second-order valence-electron chi connectivity index (χ2n) is 5.52. The third-order valence-corrected chi connectivity index (χ3v) is 3.11. The molecule has 19 heavy (non-hydrogen) atoms. The van der Waals surface area contributed by atoms with Crippen LogP contribution in [0.3, 0.4) is 0 Å². The van der Waals surface area contributed by atoms with Gasteiger partial charge in [0, 0.05) is 32.0 Å². The van der Waals surface area contributed by atoms with Crippen molar-refractivity contribution in [1.29, 1.82) is 0 Å². The van der Waals surface area contributed by atoms with E-state index < -0.39 is 0 Å². The summed E-state index contributed by atoms with van der Waals surface area (Å²) in [5, 5.41) is 7.61. The molecule has 2 heterocycles. The first-order valence-corrected chi connectivity index (χ1v) is 6.42. The molecule has 0 aromatic carbocycles. The summed E-state index contributed by atoms with van der Waals surface area (Å²) in [4.78, 5) is 8.43. The lowest BCUT2D eigenvalue weighted by molar-refractivity contribution is 0.157. The summed E-state index contributed by atoms with van der Waals surface area (Å²) < 4.78 is 6.86. The SMILES string of the molecule is COCCC(C)(C)CNc1cc(C)nc2ncnn12. The van der Waals surface area contributed by atoms with Crippen molar-refractivity contribution in [2.45, 2.75) is 27.2 Å². The molecule has 0 fully saturated rings. The van der Waals surface area contributed by atoms with Gasteiger partial charge in [-0.1, -0.05) is 13.8 Å². The van der Waals surface area contributed by atoms with Crippen LogP contribution >= 0.6 is 0 Å². The van der Waals surface area contributed by atoms with Gasteiger partial charge in [-0.15, -0.1) is 0 Å². The quantitative estimate of drug-likeness (QED) is 0.862. The molecule has 0 aliphatic rings. The molecule has 2 rings (SSSR count). The van der Waals surface area contributed by atoms with E-state index in [0.717, 1.165) is 31.1 Å². The Morgan fingerprint density at radius 2 is 2.21 bits per heavy atom. The molecule has 104 valence electrons. The molecule has 6 nitrogen and oxygen atoms in total. The zero-order valence-corrected chi connectivity index (χ0v) is 12.0. The van der Waals surface area contributed by atoms with Gasteiger partial charge in [-0.3, -0.25) is 0 Å². The number of aromatic nitrogens is 4. The summed E-state index contributed by atoms with van der Waals surface area (Å²) >= 11 is 0. The molecule has 0 amide bonds. The fraction of sp³-hybridized carbons (Fsp3) is 0.615. The Hall–Kier alpha value is -1.69. The van der Waals surface area contributed by atoms with Gasteiger partial charge in [0.2, 0.25) is 0 Å². The molecule has 0 radical (unpaired) electrons. The Morgan fingerprint density at radius 3 is 2.95 bits per heavy atom. The van der Waals surface area contributed by atoms with E-state index in [1.54, 1.807) is 11.6 Å². The fourth-order valence-electron chi connectivity index (χ4n) is 1.85. The normalized spacial score (nSPS) is 12.0. The molecule has 0 spiro atoms. The van der Waals surface area contributed by atoms with E-state index in [1.165, 1.54) is 6.33 Å². The highest BCUT2D eigenvalue weighted by molar-refractivity contribution is 5.44. The van der Waals surface area contributed by atoms with Gasteiger partial charge in [0.25, 0.3) is 5.78 Å². The first-order chi connectivity index (χ1) is 9.02. The lowest BCUT2D eigenvalue weighted by Crippen LogP contribution is -2.25. The third kappa shape index (κ3) is 3.41. The minimum atomic E-state index is 0.153. The van der Waals surface area contributed by atoms with Gasteiger partial charge >= 0.3 is 0 Å². The van der Waals surface area contributed by atoms with E-state index in [1.807, 2.05) is 13.0 Å². The fourth-order valence-corrected chi connectivity index (χ4v) is 1.85. The van der Waals surface area contributed by atoms with E-state index in [0.29, 0.717) is 5.78 Å². The molecular weight excluding hydrogens is 242 g/mol. The molecule has 2 aromatic heterocycles. The summed E-state index contributed by atoms with van der Waals surface area (Å²) in [5.74, 6) is 1.54. The maximum absolute atomic E-state index is 5.14. The highest BCUT2D eigenvalue weighted by Crippen LogP contribution is 2.21. The van der Waals surface area contributed by atoms with Crippen molar-refractivity contribution in [3.05, 3.63) is 18.1 Å². The lowest BCUT2D eigenvalue weighted by Gasteiger charge is -2.25. The van der Waals surface area contributed by atoms with Crippen molar-refractivity contribution >= 4 is 11.6 Å². The number of rotatable bonds is 6. The molecule has 0 atom stereocenters. The summed E-state index contributed by atoms with van der Waals surface area (Å²) in [6.45, 7) is 7.99.